The van der Waals surface area contributed by atoms with Crippen LogP contribution in [0.25, 0.3) is 0 Å². The first-order valence-corrected chi connectivity index (χ1v) is 6.56. The topological polar surface area (TPSA) is 67.8 Å². The summed E-state index contributed by atoms with van der Waals surface area (Å²) in [5.74, 6) is 0.752. The number of carbonyl (C=O) groups excluding carboxylic acids is 1. The molecule has 110 valence electrons. The molecule has 5 heteroatoms. The number of hydrogen-bond acceptors (Lipinski definition) is 4. The van der Waals surface area contributed by atoms with Crippen LogP contribution in [0.1, 0.15) is 17.3 Å². The lowest BCUT2D eigenvalue weighted by Gasteiger charge is -2.11. The lowest BCUT2D eigenvalue weighted by molar-refractivity contribution is 0.102. The van der Waals surface area contributed by atoms with Gasteiger partial charge in [-0.2, -0.15) is 0 Å². The Morgan fingerprint density at radius 3 is 2.62 bits per heavy atom. The zero-order valence-corrected chi connectivity index (χ0v) is 11.9. The number of ether oxygens (including phenoxy) is 2. The van der Waals surface area contributed by atoms with E-state index in [4.69, 9.17) is 9.47 Å². The number of anilines is 1. The Labute approximate surface area is 123 Å². The van der Waals surface area contributed by atoms with E-state index in [1.54, 1.807) is 36.4 Å². The van der Waals surface area contributed by atoms with Gasteiger partial charge < -0.3 is 19.9 Å². The molecule has 21 heavy (non-hydrogen) atoms. The standard InChI is InChI=1S/C16H17NO4/c1-3-21-14-9-8-11(10-15(14)20-2)16(19)17-12-6-4-5-7-13(12)18/h4-10,18H,3H2,1-2H3,(H,17,19). The summed E-state index contributed by atoms with van der Waals surface area (Å²) in [7, 11) is 1.52. The zero-order chi connectivity index (χ0) is 15.2. The van der Waals surface area contributed by atoms with Gasteiger partial charge in [0.15, 0.2) is 11.5 Å². The third kappa shape index (κ3) is 3.45. The highest BCUT2D eigenvalue weighted by molar-refractivity contribution is 6.05. The maximum Gasteiger partial charge on any atom is 0.255 e. The van der Waals surface area contributed by atoms with Gasteiger partial charge in [0.05, 0.1) is 19.4 Å². The minimum Gasteiger partial charge on any atom is -0.506 e. The third-order valence-corrected chi connectivity index (χ3v) is 2.88. The molecule has 0 aliphatic rings. The Kier molecular flexibility index (Phi) is 4.66. The minimum atomic E-state index is -0.335. The zero-order valence-electron chi connectivity index (χ0n) is 11.9. The molecule has 0 aliphatic carbocycles. The number of amides is 1. The molecule has 2 rings (SSSR count). The predicted molar refractivity (Wildman–Crippen MR) is 80.2 cm³/mol. The van der Waals surface area contributed by atoms with Gasteiger partial charge in [-0.25, -0.2) is 0 Å². The van der Waals surface area contributed by atoms with Gasteiger partial charge >= 0.3 is 0 Å². The Morgan fingerprint density at radius 2 is 1.95 bits per heavy atom. The average molecular weight is 287 g/mol. The van der Waals surface area contributed by atoms with Crippen molar-refractivity contribution >= 4 is 11.6 Å². The maximum absolute atomic E-state index is 12.2. The van der Waals surface area contributed by atoms with Crippen molar-refractivity contribution in [2.24, 2.45) is 0 Å². The number of nitrogens with one attached hydrogen (secondary N) is 1. The summed E-state index contributed by atoms with van der Waals surface area (Å²) in [6, 6.07) is 11.5. The molecule has 5 nitrogen and oxygen atoms in total. The normalized spacial score (nSPS) is 10.0. The largest absolute Gasteiger partial charge is 0.506 e. The number of benzene rings is 2. The molecule has 0 saturated carbocycles. The SMILES string of the molecule is CCOc1ccc(C(=O)Nc2ccccc2O)cc1OC. The number of hydrogen-bond donors (Lipinski definition) is 2. The van der Waals surface area contributed by atoms with Gasteiger partial charge in [-0.1, -0.05) is 12.1 Å². The minimum absolute atomic E-state index is 0.0174. The molecule has 0 aliphatic heterocycles. The summed E-state index contributed by atoms with van der Waals surface area (Å²) in [4.78, 5) is 12.2. The molecule has 0 bridgehead atoms. The molecule has 0 saturated heterocycles. The van der Waals surface area contributed by atoms with Crippen LogP contribution in [-0.2, 0) is 0 Å². The molecule has 2 aromatic carbocycles. The van der Waals surface area contributed by atoms with Crippen LogP contribution in [0.2, 0.25) is 0 Å². The van der Waals surface area contributed by atoms with Gasteiger partial charge in [0.1, 0.15) is 5.75 Å². The molecule has 0 heterocycles. The van der Waals surface area contributed by atoms with Gasteiger partial charge in [0, 0.05) is 5.56 Å². The molecule has 0 atom stereocenters. The van der Waals surface area contributed by atoms with Crippen molar-refractivity contribution in [2.75, 3.05) is 19.0 Å². The second-order valence-corrected chi connectivity index (χ2v) is 4.27. The van der Waals surface area contributed by atoms with Gasteiger partial charge in [0.2, 0.25) is 0 Å². The van der Waals surface area contributed by atoms with Crippen LogP contribution < -0.4 is 14.8 Å². The van der Waals surface area contributed by atoms with Crippen LogP contribution in [0.5, 0.6) is 17.2 Å². The Morgan fingerprint density at radius 1 is 1.19 bits per heavy atom. The van der Waals surface area contributed by atoms with Gasteiger partial charge in [-0.3, -0.25) is 4.79 Å². The number of methoxy groups -OCH3 is 1. The highest BCUT2D eigenvalue weighted by atomic mass is 16.5. The molecule has 0 aromatic heterocycles. The second-order valence-electron chi connectivity index (χ2n) is 4.27. The fraction of sp³-hybridized carbons (Fsp3) is 0.188. The van der Waals surface area contributed by atoms with E-state index in [1.165, 1.54) is 13.2 Å². The van der Waals surface area contributed by atoms with E-state index in [2.05, 4.69) is 5.32 Å². The van der Waals surface area contributed by atoms with Crippen LogP contribution in [0.3, 0.4) is 0 Å². The van der Waals surface area contributed by atoms with Crippen LogP contribution in [0, 0.1) is 0 Å². The lowest BCUT2D eigenvalue weighted by atomic mass is 10.1. The summed E-state index contributed by atoms with van der Waals surface area (Å²) in [5, 5.41) is 12.3. The first-order chi connectivity index (χ1) is 10.2. The monoisotopic (exact) mass is 287 g/mol. The van der Waals surface area contributed by atoms with E-state index in [0.29, 0.717) is 29.4 Å². The smallest absolute Gasteiger partial charge is 0.255 e. The van der Waals surface area contributed by atoms with Crippen LogP contribution in [0.4, 0.5) is 5.69 Å². The van der Waals surface area contributed by atoms with E-state index in [0.717, 1.165) is 0 Å². The fourth-order valence-corrected chi connectivity index (χ4v) is 1.86. The number of rotatable bonds is 5. The van der Waals surface area contributed by atoms with E-state index in [1.807, 2.05) is 6.92 Å². The summed E-state index contributed by atoms with van der Waals surface area (Å²) < 4.78 is 10.6. The Bertz CT molecular complexity index is 640. The molecule has 0 radical (unpaired) electrons. The molecule has 2 aromatic rings. The predicted octanol–water partition coefficient (Wildman–Crippen LogP) is 3.05. The quantitative estimate of drug-likeness (QED) is 0.829. The van der Waals surface area contributed by atoms with Crippen molar-refractivity contribution in [1.29, 1.82) is 0 Å². The number of phenolic OH excluding ortho intramolecular Hbond substituents is 1. The average Bonchev–Trinajstić information content (AvgIpc) is 2.50. The number of phenols is 1. The van der Waals surface area contributed by atoms with Crippen molar-refractivity contribution in [3.05, 3.63) is 48.0 Å². The molecular weight excluding hydrogens is 270 g/mol. The van der Waals surface area contributed by atoms with Gasteiger partial charge in [-0.05, 0) is 37.3 Å². The van der Waals surface area contributed by atoms with Crippen molar-refractivity contribution in [1.82, 2.24) is 0 Å². The van der Waals surface area contributed by atoms with E-state index < -0.39 is 0 Å². The molecular formula is C16H17NO4. The van der Waals surface area contributed by atoms with Crippen molar-refractivity contribution in [3.63, 3.8) is 0 Å². The highest BCUT2D eigenvalue weighted by Gasteiger charge is 2.12. The van der Waals surface area contributed by atoms with Crippen LogP contribution >= 0.6 is 0 Å². The molecule has 0 fully saturated rings. The Balaban J connectivity index is 2.21. The van der Waals surface area contributed by atoms with E-state index >= 15 is 0 Å². The highest BCUT2D eigenvalue weighted by Crippen LogP contribution is 2.29. The number of para-hydroxylation sites is 2. The van der Waals surface area contributed by atoms with Crippen LogP contribution in [0.15, 0.2) is 42.5 Å². The van der Waals surface area contributed by atoms with Crippen molar-refractivity contribution < 1.29 is 19.4 Å². The van der Waals surface area contributed by atoms with E-state index in [-0.39, 0.29) is 11.7 Å². The van der Waals surface area contributed by atoms with Crippen molar-refractivity contribution in [2.45, 2.75) is 6.92 Å². The summed E-state index contributed by atoms with van der Waals surface area (Å²) in [6.07, 6.45) is 0. The number of aromatic hydroxyl groups is 1. The first-order valence-electron chi connectivity index (χ1n) is 6.56. The summed E-state index contributed by atoms with van der Waals surface area (Å²) in [5.41, 5.74) is 0.772. The Hall–Kier alpha value is -2.69. The lowest BCUT2D eigenvalue weighted by Crippen LogP contribution is -2.12. The van der Waals surface area contributed by atoms with Gasteiger partial charge in [0.25, 0.3) is 5.91 Å². The molecule has 1 amide bonds. The van der Waals surface area contributed by atoms with Crippen molar-refractivity contribution in [3.8, 4) is 17.2 Å². The molecule has 0 spiro atoms. The molecule has 2 N–H and O–H groups in total. The fourth-order valence-electron chi connectivity index (χ4n) is 1.86. The maximum atomic E-state index is 12.2. The van der Waals surface area contributed by atoms with E-state index in [9.17, 15) is 9.90 Å². The third-order valence-electron chi connectivity index (χ3n) is 2.88. The van der Waals surface area contributed by atoms with Gasteiger partial charge in [-0.15, -0.1) is 0 Å². The van der Waals surface area contributed by atoms with Crippen LogP contribution in [-0.4, -0.2) is 24.7 Å². The summed E-state index contributed by atoms with van der Waals surface area (Å²) in [6.45, 7) is 2.39. The first kappa shape index (κ1) is 14.7. The summed E-state index contributed by atoms with van der Waals surface area (Å²) >= 11 is 0. The second kappa shape index (κ2) is 6.65. The molecule has 0 unspecified atom stereocenters. The number of carbonyl (C=O) groups is 1.